The van der Waals surface area contributed by atoms with Crippen LogP contribution in [-0.2, 0) is 20.9 Å². The number of benzene rings is 2. The molecule has 1 saturated heterocycles. The van der Waals surface area contributed by atoms with Crippen LogP contribution >= 0.6 is 0 Å². The number of hydrogen-bond acceptors (Lipinski definition) is 5. The maximum absolute atomic E-state index is 12.4. The zero-order valence-electron chi connectivity index (χ0n) is 17.8. The fourth-order valence-electron chi connectivity index (χ4n) is 3.61. The Kier molecular flexibility index (Phi) is 8.18. The van der Waals surface area contributed by atoms with E-state index in [0.717, 1.165) is 5.56 Å². The largest absolute Gasteiger partial charge is 0.466 e. The van der Waals surface area contributed by atoms with Gasteiger partial charge in [0.25, 0.3) is 5.91 Å². The third-order valence-electron chi connectivity index (χ3n) is 5.28. The number of carbonyl (C=O) groups is 3. The van der Waals surface area contributed by atoms with Crippen molar-refractivity contribution in [2.75, 3.05) is 31.6 Å². The molecule has 3 rings (SSSR count). The van der Waals surface area contributed by atoms with Gasteiger partial charge in [-0.15, -0.1) is 0 Å². The van der Waals surface area contributed by atoms with Crippen LogP contribution in [0.5, 0.6) is 0 Å². The fraction of sp³-hybridized carbons (Fsp3) is 0.375. The molecule has 0 unspecified atom stereocenters. The number of rotatable bonds is 8. The second-order valence-electron chi connectivity index (χ2n) is 7.60. The van der Waals surface area contributed by atoms with Crippen LogP contribution in [0, 0.1) is 5.92 Å². The van der Waals surface area contributed by atoms with E-state index in [4.69, 9.17) is 4.74 Å². The number of esters is 1. The number of piperidine rings is 1. The van der Waals surface area contributed by atoms with Crippen LogP contribution in [0.2, 0.25) is 0 Å². The Bertz CT molecular complexity index is 893. The standard InChI is InChI=1S/C24H29N3O4/c1-2-31-24(30)19-11-13-27(14-12-19)17-22(28)26-21-10-6-9-20(15-21)23(29)25-16-18-7-4-3-5-8-18/h3-10,15,19H,2,11-14,16-17H2,1H3,(H,25,29)(H,26,28). The number of likely N-dealkylation sites (tertiary alicyclic amines) is 1. The molecule has 2 N–H and O–H groups in total. The van der Waals surface area contributed by atoms with E-state index in [0.29, 0.717) is 50.3 Å². The van der Waals surface area contributed by atoms with Gasteiger partial charge < -0.3 is 15.4 Å². The van der Waals surface area contributed by atoms with E-state index in [1.807, 2.05) is 35.2 Å². The van der Waals surface area contributed by atoms with Crippen LogP contribution in [0.3, 0.4) is 0 Å². The predicted molar refractivity (Wildman–Crippen MR) is 118 cm³/mol. The number of ether oxygens (including phenoxy) is 1. The molecule has 0 aliphatic carbocycles. The van der Waals surface area contributed by atoms with Gasteiger partial charge in [0.2, 0.25) is 5.91 Å². The highest BCUT2D eigenvalue weighted by Gasteiger charge is 2.26. The second kappa shape index (κ2) is 11.3. The van der Waals surface area contributed by atoms with Gasteiger partial charge in [-0.2, -0.15) is 0 Å². The summed E-state index contributed by atoms with van der Waals surface area (Å²) in [4.78, 5) is 38.7. The van der Waals surface area contributed by atoms with Crippen molar-refractivity contribution in [3.63, 3.8) is 0 Å². The summed E-state index contributed by atoms with van der Waals surface area (Å²) in [6, 6.07) is 16.6. The molecule has 1 aliphatic heterocycles. The van der Waals surface area contributed by atoms with Gasteiger partial charge >= 0.3 is 5.97 Å². The Hall–Kier alpha value is -3.19. The van der Waals surface area contributed by atoms with Crippen LogP contribution < -0.4 is 10.6 Å². The molecule has 1 fully saturated rings. The molecule has 0 radical (unpaired) electrons. The molecule has 31 heavy (non-hydrogen) atoms. The maximum atomic E-state index is 12.4. The third-order valence-corrected chi connectivity index (χ3v) is 5.28. The van der Waals surface area contributed by atoms with Gasteiger partial charge in [-0.05, 0) is 56.6 Å². The summed E-state index contributed by atoms with van der Waals surface area (Å²) >= 11 is 0. The monoisotopic (exact) mass is 423 g/mol. The minimum atomic E-state index is -0.194. The topological polar surface area (TPSA) is 87.7 Å². The summed E-state index contributed by atoms with van der Waals surface area (Å²) in [5, 5.41) is 5.75. The highest BCUT2D eigenvalue weighted by Crippen LogP contribution is 2.19. The predicted octanol–water partition coefficient (Wildman–Crippen LogP) is 2.83. The van der Waals surface area contributed by atoms with Crippen molar-refractivity contribution in [1.82, 2.24) is 10.2 Å². The van der Waals surface area contributed by atoms with Crippen molar-refractivity contribution in [1.29, 1.82) is 0 Å². The SMILES string of the molecule is CCOC(=O)C1CCN(CC(=O)Nc2cccc(C(=O)NCc3ccccc3)c2)CC1. The number of hydrogen-bond donors (Lipinski definition) is 2. The Morgan fingerprint density at radius 3 is 2.48 bits per heavy atom. The van der Waals surface area contributed by atoms with E-state index >= 15 is 0 Å². The molecule has 2 aromatic carbocycles. The first-order valence-corrected chi connectivity index (χ1v) is 10.7. The number of carbonyl (C=O) groups excluding carboxylic acids is 3. The van der Waals surface area contributed by atoms with Crippen molar-refractivity contribution >= 4 is 23.5 Å². The zero-order chi connectivity index (χ0) is 22.1. The summed E-state index contributed by atoms with van der Waals surface area (Å²) in [5.41, 5.74) is 2.09. The molecule has 0 aromatic heterocycles. The average Bonchev–Trinajstić information content (AvgIpc) is 2.79. The fourth-order valence-corrected chi connectivity index (χ4v) is 3.61. The minimum Gasteiger partial charge on any atom is -0.466 e. The molecule has 0 atom stereocenters. The lowest BCUT2D eigenvalue weighted by atomic mass is 9.97. The van der Waals surface area contributed by atoms with Crippen molar-refractivity contribution in [2.24, 2.45) is 5.92 Å². The maximum Gasteiger partial charge on any atom is 0.309 e. The molecule has 7 heteroatoms. The molecule has 1 aliphatic rings. The van der Waals surface area contributed by atoms with Crippen LogP contribution in [0.15, 0.2) is 54.6 Å². The summed E-state index contributed by atoms with van der Waals surface area (Å²) < 4.78 is 5.08. The normalized spacial score (nSPS) is 14.6. The Labute approximate surface area is 182 Å². The van der Waals surface area contributed by atoms with E-state index in [1.54, 1.807) is 31.2 Å². The van der Waals surface area contributed by atoms with Gasteiger partial charge in [-0.1, -0.05) is 36.4 Å². The number of amides is 2. The van der Waals surface area contributed by atoms with E-state index < -0.39 is 0 Å². The molecule has 0 bridgehead atoms. The van der Waals surface area contributed by atoms with Crippen LogP contribution in [0.25, 0.3) is 0 Å². The summed E-state index contributed by atoms with van der Waals surface area (Å²) in [7, 11) is 0. The smallest absolute Gasteiger partial charge is 0.309 e. The van der Waals surface area contributed by atoms with Gasteiger partial charge in [0.05, 0.1) is 19.1 Å². The van der Waals surface area contributed by atoms with Crippen molar-refractivity contribution in [3.8, 4) is 0 Å². The summed E-state index contributed by atoms with van der Waals surface area (Å²) in [6.07, 6.45) is 1.40. The highest BCUT2D eigenvalue weighted by molar-refractivity contribution is 5.97. The first kappa shape index (κ1) is 22.5. The highest BCUT2D eigenvalue weighted by atomic mass is 16.5. The van der Waals surface area contributed by atoms with Gasteiger partial charge in [-0.25, -0.2) is 0 Å². The Morgan fingerprint density at radius 2 is 1.77 bits per heavy atom. The Balaban J connectivity index is 1.46. The Morgan fingerprint density at radius 1 is 1.03 bits per heavy atom. The molecule has 164 valence electrons. The molecule has 1 heterocycles. The molecule has 2 aromatic rings. The summed E-state index contributed by atoms with van der Waals surface area (Å²) in [5.74, 6) is -0.559. The zero-order valence-corrected chi connectivity index (χ0v) is 17.8. The first-order valence-electron chi connectivity index (χ1n) is 10.7. The van der Waals surface area contributed by atoms with Crippen LogP contribution in [-0.4, -0.2) is 48.9 Å². The second-order valence-corrected chi connectivity index (χ2v) is 7.60. The first-order chi connectivity index (χ1) is 15.0. The molecule has 2 amide bonds. The lowest BCUT2D eigenvalue weighted by molar-refractivity contribution is -0.149. The lowest BCUT2D eigenvalue weighted by Gasteiger charge is -2.30. The van der Waals surface area contributed by atoms with Gasteiger partial charge in [0.1, 0.15) is 0 Å². The molecular formula is C24H29N3O4. The average molecular weight is 424 g/mol. The molecule has 7 nitrogen and oxygen atoms in total. The van der Waals surface area contributed by atoms with E-state index in [1.165, 1.54) is 0 Å². The molecular weight excluding hydrogens is 394 g/mol. The number of nitrogens with zero attached hydrogens (tertiary/aromatic N) is 1. The van der Waals surface area contributed by atoms with Gasteiger partial charge in [0, 0.05) is 17.8 Å². The van der Waals surface area contributed by atoms with Crippen molar-refractivity contribution < 1.29 is 19.1 Å². The van der Waals surface area contributed by atoms with Gasteiger partial charge in [0.15, 0.2) is 0 Å². The van der Waals surface area contributed by atoms with Crippen molar-refractivity contribution in [3.05, 3.63) is 65.7 Å². The van der Waals surface area contributed by atoms with Gasteiger partial charge in [-0.3, -0.25) is 19.3 Å². The number of anilines is 1. The van der Waals surface area contributed by atoms with E-state index in [9.17, 15) is 14.4 Å². The van der Waals surface area contributed by atoms with Crippen molar-refractivity contribution in [2.45, 2.75) is 26.3 Å². The van der Waals surface area contributed by atoms with E-state index in [2.05, 4.69) is 10.6 Å². The number of nitrogens with one attached hydrogen (secondary N) is 2. The molecule has 0 saturated carbocycles. The van der Waals surface area contributed by atoms with E-state index in [-0.39, 0.29) is 30.2 Å². The van der Waals surface area contributed by atoms with Crippen LogP contribution in [0.1, 0.15) is 35.7 Å². The lowest BCUT2D eigenvalue weighted by Crippen LogP contribution is -2.41. The van der Waals surface area contributed by atoms with Crippen LogP contribution in [0.4, 0.5) is 5.69 Å². The summed E-state index contributed by atoms with van der Waals surface area (Å²) in [6.45, 7) is 4.25. The third kappa shape index (κ3) is 6.93. The minimum absolute atomic E-state index is 0.0784. The quantitative estimate of drug-likeness (QED) is 0.638. The molecule has 0 spiro atoms.